The number of carbonyl (C=O) groups is 1. The van der Waals surface area contributed by atoms with E-state index in [2.05, 4.69) is 5.32 Å². The average Bonchev–Trinajstić information content (AvgIpc) is 2.72. The summed E-state index contributed by atoms with van der Waals surface area (Å²) >= 11 is 0. The summed E-state index contributed by atoms with van der Waals surface area (Å²) in [6.45, 7) is 2.79. The summed E-state index contributed by atoms with van der Waals surface area (Å²) in [4.78, 5) is 10.7. The van der Waals surface area contributed by atoms with Gasteiger partial charge in [0, 0.05) is 28.9 Å². The van der Waals surface area contributed by atoms with Crippen LogP contribution < -0.4 is 5.32 Å². The van der Waals surface area contributed by atoms with Crippen molar-refractivity contribution in [2.75, 3.05) is 18.1 Å². The van der Waals surface area contributed by atoms with Crippen molar-refractivity contribution in [1.29, 1.82) is 0 Å². The van der Waals surface area contributed by atoms with Gasteiger partial charge in [-0.05, 0) is 6.07 Å². The van der Waals surface area contributed by atoms with Crippen molar-refractivity contribution in [2.45, 2.75) is 13.5 Å². The van der Waals surface area contributed by atoms with E-state index in [9.17, 15) is 9.00 Å². The van der Waals surface area contributed by atoms with Crippen molar-refractivity contribution < 1.29 is 18.5 Å². The van der Waals surface area contributed by atoms with Crippen LogP contribution in [0.2, 0.25) is 0 Å². The molecule has 0 spiro atoms. The lowest BCUT2D eigenvalue weighted by atomic mass is 10.2. The van der Waals surface area contributed by atoms with Crippen LogP contribution in [0.4, 0.5) is 0 Å². The number of carboxylic acid groups (broad SMARTS) is 1. The molecule has 0 aromatic carbocycles. The Balaban J connectivity index is 2.34. The van der Waals surface area contributed by atoms with E-state index in [0.717, 1.165) is 0 Å². The molecule has 0 aliphatic carbocycles. The van der Waals surface area contributed by atoms with Gasteiger partial charge in [0.25, 0.3) is 0 Å². The third-order valence-corrected chi connectivity index (χ3v) is 3.39. The molecule has 2 N–H and O–H groups in total. The minimum atomic E-state index is -0.998. The fourth-order valence-electron chi connectivity index (χ4n) is 1.20. The van der Waals surface area contributed by atoms with Crippen molar-refractivity contribution in [1.82, 2.24) is 5.32 Å². The number of nitrogens with one attached hydrogen (secondary N) is 1. The van der Waals surface area contributed by atoms with Crippen molar-refractivity contribution in [3.05, 3.63) is 23.7 Å². The third-order valence-electron chi connectivity index (χ3n) is 2.09. The first kappa shape index (κ1) is 12.9. The zero-order chi connectivity index (χ0) is 12.0. The van der Waals surface area contributed by atoms with E-state index in [4.69, 9.17) is 9.52 Å². The maximum Gasteiger partial charge on any atom is 0.339 e. The molecule has 90 valence electrons. The SMILES string of the molecule is CCS(=O)CCNCc1occc1C(=O)O. The predicted octanol–water partition coefficient (Wildman–Crippen LogP) is 0.836. The molecule has 5 nitrogen and oxygen atoms in total. The Bertz CT molecular complexity index is 375. The normalized spacial score (nSPS) is 12.6. The largest absolute Gasteiger partial charge is 0.478 e. The Labute approximate surface area is 96.3 Å². The van der Waals surface area contributed by atoms with Crippen molar-refractivity contribution in [3.63, 3.8) is 0 Å². The van der Waals surface area contributed by atoms with Crippen LogP contribution in [0.25, 0.3) is 0 Å². The first-order valence-corrected chi connectivity index (χ1v) is 6.49. The van der Waals surface area contributed by atoms with Gasteiger partial charge < -0.3 is 14.8 Å². The van der Waals surface area contributed by atoms with Crippen LogP contribution in [0.1, 0.15) is 23.0 Å². The molecule has 1 rings (SSSR count). The molecule has 0 bridgehead atoms. The Morgan fingerprint density at radius 2 is 2.38 bits per heavy atom. The van der Waals surface area contributed by atoms with E-state index in [1.807, 2.05) is 6.92 Å². The Kier molecular flexibility index (Phi) is 5.21. The predicted molar refractivity (Wildman–Crippen MR) is 60.9 cm³/mol. The Hall–Kier alpha value is -1.14. The maximum absolute atomic E-state index is 11.1. The molecule has 16 heavy (non-hydrogen) atoms. The highest BCUT2D eigenvalue weighted by molar-refractivity contribution is 7.84. The van der Waals surface area contributed by atoms with Crippen LogP contribution in [0.5, 0.6) is 0 Å². The lowest BCUT2D eigenvalue weighted by Crippen LogP contribution is -2.21. The highest BCUT2D eigenvalue weighted by Crippen LogP contribution is 2.09. The fraction of sp³-hybridized carbons (Fsp3) is 0.500. The first-order chi connectivity index (χ1) is 7.65. The quantitative estimate of drug-likeness (QED) is 0.696. The molecule has 0 radical (unpaired) electrons. The molecule has 0 aliphatic rings. The number of aromatic carboxylic acids is 1. The van der Waals surface area contributed by atoms with Crippen LogP contribution in [0, 0.1) is 0 Å². The summed E-state index contributed by atoms with van der Waals surface area (Å²) in [5.41, 5.74) is 0.170. The zero-order valence-electron chi connectivity index (χ0n) is 9.06. The Morgan fingerprint density at radius 1 is 1.62 bits per heavy atom. The highest BCUT2D eigenvalue weighted by Gasteiger charge is 2.12. The van der Waals surface area contributed by atoms with Crippen LogP contribution in [0.3, 0.4) is 0 Å². The Morgan fingerprint density at radius 3 is 3.00 bits per heavy atom. The highest BCUT2D eigenvalue weighted by atomic mass is 32.2. The lowest BCUT2D eigenvalue weighted by Gasteiger charge is -2.02. The second-order valence-corrected chi connectivity index (χ2v) is 5.04. The molecule has 1 heterocycles. The van der Waals surface area contributed by atoms with Crippen molar-refractivity contribution in [3.8, 4) is 0 Å². The van der Waals surface area contributed by atoms with E-state index in [0.29, 0.717) is 30.4 Å². The van der Waals surface area contributed by atoms with E-state index in [-0.39, 0.29) is 5.56 Å². The van der Waals surface area contributed by atoms with Gasteiger partial charge in [0.15, 0.2) is 0 Å². The number of carboxylic acids is 1. The van der Waals surface area contributed by atoms with Crippen LogP contribution >= 0.6 is 0 Å². The molecule has 1 aromatic rings. The van der Waals surface area contributed by atoms with Gasteiger partial charge in [0.2, 0.25) is 0 Å². The summed E-state index contributed by atoms with van der Waals surface area (Å²) in [5, 5.41) is 11.8. The van der Waals surface area contributed by atoms with E-state index < -0.39 is 16.8 Å². The van der Waals surface area contributed by atoms with Crippen molar-refractivity contribution in [2.24, 2.45) is 0 Å². The smallest absolute Gasteiger partial charge is 0.339 e. The van der Waals surface area contributed by atoms with Gasteiger partial charge in [-0.25, -0.2) is 4.79 Å². The monoisotopic (exact) mass is 245 g/mol. The lowest BCUT2D eigenvalue weighted by molar-refractivity contribution is 0.0694. The van der Waals surface area contributed by atoms with E-state index in [1.165, 1.54) is 12.3 Å². The molecule has 0 amide bonds. The number of hydrogen-bond donors (Lipinski definition) is 2. The molecule has 6 heteroatoms. The zero-order valence-corrected chi connectivity index (χ0v) is 9.88. The van der Waals surface area contributed by atoms with Gasteiger partial charge in [-0.1, -0.05) is 6.92 Å². The summed E-state index contributed by atoms with van der Waals surface area (Å²) in [6.07, 6.45) is 1.35. The number of hydrogen-bond acceptors (Lipinski definition) is 4. The molecule has 1 aromatic heterocycles. The van der Waals surface area contributed by atoms with Crippen LogP contribution in [-0.2, 0) is 17.3 Å². The fourth-order valence-corrected chi connectivity index (χ4v) is 1.86. The van der Waals surface area contributed by atoms with Gasteiger partial charge in [-0.2, -0.15) is 0 Å². The van der Waals surface area contributed by atoms with Crippen molar-refractivity contribution >= 4 is 16.8 Å². The minimum absolute atomic E-state index is 0.170. The maximum atomic E-state index is 11.1. The van der Waals surface area contributed by atoms with Gasteiger partial charge in [0.05, 0.1) is 12.8 Å². The van der Waals surface area contributed by atoms with E-state index in [1.54, 1.807) is 0 Å². The van der Waals surface area contributed by atoms with Gasteiger partial charge in [-0.15, -0.1) is 0 Å². The number of rotatable bonds is 7. The van der Waals surface area contributed by atoms with Gasteiger partial charge in [0.1, 0.15) is 11.3 Å². The molecule has 1 unspecified atom stereocenters. The summed E-state index contributed by atoms with van der Waals surface area (Å²) in [7, 11) is -0.799. The molecule has 0 aliphatic heterocycles. The molecule has 1 atom stereocenters. The second kappa shape index (κ2) is 6.44. The van der Waals surface area contributed by atoms with E-state index >= 15 is 0 Å². The number of furan rings is 1. The third kappa shape index (κ3) is 3.79. The molecule has 0 saturated carbocycles. The first-order valence-electron chi connectivity index (χ1n) is 5.00. The molecule has 0 saturated heterocycles. The van der Waals surface area contributed by atoms with Gasteiger partial charge >= 0.3 is 5.97 Å². The molecular weight excluding hydrogens is 230 g/mol. The summed E-state index contributed by atoms with van der Waals surface area (Å²) in [5.74, 6) is 0.611. The minimum Gasteiger partial charge on any atom is -0.478 e. The van der Waals surface area contributed by atoms with Crippen LogP contribution in [-0.4, -0.2) is 33.3 Å². The molecular formula is C10H15NO4S. The second-order valence-electron chi connectivity index (χ2n) is 3.17. The van der Waals surface area contributed by atoms with Crippen LogP contribution in [0.15, 0.2) is 16.7 Å². The summed E-state index contributed by atoms with van der Waals surface area (Å²) < 4.78 is 16.1. The average molecular weight is 245 g/mol. The molecule has 0 fully saturated rings. The van der Waals surface area contributed by atoms with Gasteiger partial charge in [-0.3, -0.25) is 4.21 Å². The summed E-state index contributed by atoms with van der Waals surface area (Å²) in [6, 6.07) is 1.42. The standard InChI is InChI=1S/C10H15NO4S/c1-2-16(14)6-4-11-7-9-8(10(12)13)3-5-15-9/h3,5,11H,2,4,6-7H2,1H3,(H,12,13). The topological polar surface area (TPSA) is 79.5 Å².